The van der Waals surface area contributed by atoms with Crippen LogP contribution in [-0.4, -0.2) is 31.1 Å². The molecular formula is C18H30N2. The van der Waals surface area contributed by atoms with E-state index in [0.29, 0.717) is 6.04 Å². The van der Waals surface area contributed by atoms with Crippen LogP contribution >= 0.6 is 0 Å². The lowest BCUT2D eigenvalue weighted by Crippen LogP contribution is -2.30. The summed E-state index contributed by atoms with van der Waals surface area (Å²) in [5, 5.41) is 3.62. The second-order valence-corrected chi connectivity index (χ2v) is 6.54. The van der Waals surface area contributed by atoms with E-state index in [9.17, 15) is 0 Å². The third kappa shape index (κ3) is 4.32. The van der Waals surface area contributed by atoms with Gasteiger partial charge in [-0.2, -0.15) is 0 Å². The number of benzene rings is 1. The van der Waals surface area contributed by atoms with Gasteiger partial charge in [-0.25, -0.2) is 0 Å². The van der Waals surface area contributed by atoms with Crippen LogP contribution in [0.4, 0.5) is 0 Å². The molecule has 0 aromatic heterocycles. The zero-order valence-corrected chi connectivity index (χ0v) is 13.3. The third-order valence-corrected chi connectivity index (χ3v) is 4.31. The minimum atomic E-state index is 0.603. The maximum atomic E-state index is 3.62. The Morgan fingerprint density at radius 2 is 2.00 bits per heavy atom. The standard InChI is InChI=1S/C18H30N2/c1-4-18(17-8-6-5-7-9-17)20-11-10-16(14-20)13-19-12-15(2)3/h5-9,15-16,18-19H,4,10-14H2,1-3H3. The summed E-state index contributed by atoms with van der Waals surface area (Å²) in [5.41, 5.74) is 1.48. The molecule has 1 aliphatic rings. The van der Waals surface area contributed by atoms with Gasteiger partial charge in [0.2, 0.25) is 0 Å². The fourth-order valence-electron chi connectivity index (χ4n) is 3.27. The van der Waals surface area contributed by atoms with Gasteiger partial charge in [0.05, 0.1) is 0 Å². The molecule has 0 aliphatic carbocycles. The van der Waals surface area contributed by atoms with Crippen LogP contribution in [0.1, 0.15) is 45.2 Å². The molecule has 1 aromatic rings. The summed E-state index contributed by atoms with van der Waals surface area (Å²) in [4.78, 5) is 2.68. The van der Waals surface area contributed by atoms with Crippen LogP contribution < -0.4 is 5.32 Å². The van der Waals surface area contributed by atoms with Gasteiger partial charge in [-0.1, -0.05) is 51.1 Å². The van der Waals surface area contributed by atoms with E-state index >= 15 is 0 Å². The topological polar surface area (TPSA) is 15.3 Å². The molecular weight excluding hydrogens is 244 g/mol. The minimum absolute atomic E-state index is 0.603. The molecule has 2 rings (SSSR count). The van der Waals surface area contributed by atoms with Crippen molar-refractivity contribution in [1.29, 1.82) is 0 Å². The molecule has 0 saturated carbocycles. The molecule has 1 aromatic carbocycles. The Labute approximate surface area is 124 Å². The molecule has 0 bridgehead atoms. The van der Waals surface area contributed by atoms with Crippen molar-refractivity contribution in [2.45, 2.75) is 39.7 Å². The van der Waals surface area contributed by atoms with E-state index < -0.39 is 0 Å². The smallest absolute Gasteiger partial charge is 0.0345 e. The minimum Gasteiger partial charge on any atom is -0.316 e. The van der Waals surface area contributed by atoms with Gasteiger partial charge in [0, 0.05) is 12.6 Å². The summed E-state index contributed by atoms with van der Waals surface area (Å²) in [6.07, 6.45) is 2.55. The predicted molar refractivity (Wildman–Crippen MR) is 86.9 cm³/mol. The van der Waals surface area contributed by atoms with Crippen molar-refractivity contribution < 1.29 is 0 Å². The molecule has 1 fully saturated rings. The zero-order valence-electron chi connectivity index (χ0n) is 13.3. The molecule has 0 radical (unpaired) electrons. The summed E-state index contributed by atoms with van der Waals surface area (Å²) < 4.78 is 0. The summed E-state index contributed by atoms with van der Waals surface area (Å²) in [5.74, 6) is 1.58. The van der Waals surface area contributed by atoms with Gasteiger partial charge >= 0.3 is 0 Å². The summed E-state index contributed by atoms with van der Waals surface area (Å²) >= 11 is 0. The Balaban J connectivity index is 1.84. The molecule has 2 atom stereocenters. The molecule has 1 N–H and O–H groups in total. The van der Waals surface area contributed by atoms with Crippen LogP contribution in [-0.2, 0) is 0 Å². The molecule has 2 unspecified atom stereocenters. The van der Waals surface area contributed by atoms with E-state index in [1.54, 1.807) is 0 Å². The fourth-order valence-corrected chi connectivity index (χ4v) is 3.27. The van der Waals surface area contributed by atoms with Gasteiger partial charge in [-0.3, -0.25) is 4.90 Å². The second kappa shape index (κ2) is 7.80. The number of nitrogens with one attached hydrogen (secondary N) is 1. The average molecular weight is 274 g/mol. The number of hydrogen-bond acceptors (Lipinski definition) is 2. The first-order valence-electron chi connectivity index (χ1n) is 8.20. The largest absolute Gasteiger partial charge is 0.316 e. The molecule has 1 aliphatic heterocycles. The molecule has 2 heteroatoms. The van der Waals surface area contributed by atoms with Crippen molar-refractivity contribution in [3.63, 3.8) is 0 Å². The van der Waals surface area contributed by atoms with Gasteiger partial charge in [0.15, 0.2) is 0 Å². The quantitative estimate of drug-likeness (QED) is 0.815. The van der Waals surface area contributed by atoms with Crippen molar-refractivity contribution in [3.05, 3.63) is 35.9 Å². The Morgan fingerprint density at radius 3 is 2.65 bits per heavy atom. The lowest BCUT2D eigenvalue weighted by Gasteiger charge is -2.27. The van der Waals surface area contributed by atoms with Crippen molar-refractivity contribution in [1.82, 2.24) is 10.2 Å². The van der Waals surface area contributed by atoms with E-state index in [4.69, 9.17) is 0 Å². The maximum absolute atomic E-state index is 3.62. The molecule has 0 amide bonds. The maximum Gasteiger partial charge on any atom is 0.0345 e. The van der Waals surface area contributed by atoms with Gasteiger partial charge in [0.25, 0.3) is 0 Å². The molecule has 1 heterocycles. The first kappa shape index (κ1) is 15.5. The van der Waals surface area contributed by atoms with Crippen molar-refractivity contribution in [2.75, 3.05) is 26.2 Å². The zero-order chi connectivity index (χ0) is 14.4. The SMILES string of the molecule is CCC(c1ccccc1)N1CCC(CNCC(C)C)C1. The van der Waals surface area contributed by atoms with E-state index in [0.717, 1.165) is 18.4 Å². The van der Waals surface area contributed by atoms with Crippen LogP contribution in [0.5, 0.6) is 0 Å². The molecule has 112 valence electrons. The van der Waals surface area contributed by atoms with Crippen LogP contribution in [0.15, 0.2) is 30.3 Å². The molecule has 2 nitrogen and oxygen atoms in total. The second-order valence-electron chi connectivity index (χ2n) is 6.54. The average Bonchev–Trinajstić information content (AvgIpc) is 2.89. The monoisotopic (exact) mass is 274 g/mol. The molecule has 0 spiro atoms. The van der Waals surface area contributed by atoms with E-state index in [-0.39, 0.29) is 0 Å². The van der Waals surface area contributed by atoms with Crippen LogP contribution in [0, 0.1) is 11.8 Å². The van der Waals surface area contributed by atoms with Gasteiger partial charge in [-0.15, -0.1) is 0 Å². The molecule has 20 heavy (non-hydrogen) atoms. The van der Waals surface area contributed by atoms with Crippen LogP contribution in [0.25, 0.3) is 0 Å². The van der Waals surface area contributed by atoms with Gasteiger partial charge in [-0.05, 0) is 49.9 Å². The Hall–Kier alpha value is -0.860. The first-order valence-corrected chi connectivity index (χ1v) is 8.20. The van der Waals surface area contributed by atoms with Gasteiger partial charge in [0.1, 0.15) is 0 Å². The van der Waals surface area contributed by atoms with E-state index in [2.05, 4.69) is 61.3 Å². The number of likely N-dealkylation sites (tertiary alicyclic amines) is 1. The number of nitrogens with zero attached hydrogens (tertiary/aromatic N) is 1. The highest BCUT2D eigenvalue weighted by Crippen LogP contribution is 2.29. The van der Waals surface area contributed by atoms with Crippen molar-refractivity contribution in [2.24, 2.45) is 11.8 Å². The number of hydrogen-bond donors (Lipinski definition) is 1. The van der Waals surface area contributed by atoms with E-state index in [1.807, 2.05) is 0 Å². The Bertz CT molecular complexity index is 374. The first-order chi connectivity index (χ1) is 9.70. The Kier molecular flexibility index (Phi) is 6.06. The Morgan fingerprint density at radius 1 is 1.25 bits per heavy atom. The molecule has 1 saturated heterocycles. The van der Waals surface area contributed by atoms with Crippen LogP contribution in [0.2, 0.25) is 0 Å². The highest BCUT2D eigenvalue weighted by molar-refractivity contribution is 5.19. The fraction of sp³-hybridized carbons (Fsp3) is 0.667. The normalized spacial score (nSPS) is 21.5. The highest BCUT2D eigenvalue weighted by atomic mass is 15.2. The van der Waals surface area contributed by atoms with Gasteiger partial charge < -0.3 is 5.32 Å². The summed E-state index contributed by atoms with van der Waals surface area (Å²) in [6, 6.07) is 11.6. The van der Waals surface area contributed by atoms with Crippen molar-refractivity contribution in [3.8, 4) is 0 Å². The lowest BCUT2D eigenvalue weighted by atomic mass is 10.0. The number of rotatable bonds is 7. The predicted octanol–water partition coefficient (Wildman–Crippen LogP) is 3.71. The highest BCUT2D eigenvalue weighted by Gasteiger charge is 2.27. The lowest BCUT2D eigenvalue weighted by molar-refractivity contribution is 0.229. The summed E-state index contributed by atoms with van der Waals surface area (Å²) in [6.45, 7) is 11.7. The van der Waals surface area contributed by atoms with Crippen LogP contribution in [0.3, 0.4) is 0 Å². The summed E-state index contributed by atoms with van der Waals surface area (Å²) in [7, 11) is 0. The van der Waals surface area contributed by atoms with E-state index in [1.165, 1.54) is 38.0 Å². The third-order valence-electron chi connectivity index (χ3n) is 4.31. The van der Waals surface area contributed by atoms with Crippen molar-refractivity contribution >= 4 is 0 Å².